The normalized spacial score (nSPS) is 12.8. The van der Waals surface area contributed by atoms with Gasteiger partial charge in [-0.15, -0.1) is 0 Å². The van der Waals surface area contributed by atoms with Gasteiger partial charge in [-0.1, -0.05) is 26.0 Å². The number of hydrogen-bond acceptors (Lipinski definition) is 6. The van der Waals surface area contributed by atoms with Gasteiger partial charge in [0.2, 0.25) is 0 Å². The van der Waals surface area contributed by atoms with Crippen molar-refractivity contribution in [2.75, 3.05) is 0 Å². The third-order valence-corrected chi connectivity index (χ3v) is 5.65. The molecule has 9 nitrogen and oxygen atoms in total. The number of carbonyl (C=O) groups excluding carboxylic acids is 1. The number of benzene rings is 1. The van der Waals surface area contributed by atoms with E-state index >= 15 is 0 Å². The molecule has 4 N–H and O–H groups in total. The van der Waals surface area contributed by atoms with Gasteiger partial charge in [0.05, 0.1) is 30.0 Å². The van der Waals surface area contributed by atoms with Gasteiger partial charge in [0.25, 0.3) is 5.91 Å². The van der Waals surface area contributed by atoms with Gasteiger partial charge in [0.1, 0.15) is 5.82 Å². The second-order valence-electron chi connectivity index (χ2n) is 9.09. The number of carboxylic acid groups (broad SMARTS) is 1. The molecule has 3 rings (SSSR count). The fraction of sp³-hybridized carbons (Fsp3) is 0.333. The van der Waals surface area contributed by atoms with Gasteiger partial charge in [-0.2, -0.15) is 5.10 Å². The minimum absolute atomic E-state index is 0. The molecule has 0 fully saturated rings. The van der Waals surface area contributed by atoms with Crippen LogP contribution in [0.15, 0.2) is 48.7 Å². The zero-order valence-corrected chi connectivity index (χ0v) is 20.9. The molecule has 0 radical (unpaired) electrons. The number of carboxylic acids is 1. The number of nitrogens with one attached hydrogen (secondary N) is 1. The van der Waals surface area contributed by atoms with Crippen LogP contribution in [-0.2, 0) is 11.3 Å². The summed E-state index contributed by atoms with van der Waals surface area (Å²) in [6.07, 6.45) is 1.64. The van der Waals surface area contributed by atoms with Crippen LogP contribution in [0.25, 0.3) is 11.8 Å². The van der Waals surface area contributed by atoms with Gasteiger partial charge in [-0.3, -0.25) is 14.6 Å². The van der Waals surface area contributed by atoms with Crippen molar-refractivity contribution < 1.29 is 29.3 Å². The number of aryl methyl sites for hydroxylation is 1. The van der Waals surface area contributed by atoms with Crippen molar-refractivity contribution in [1.29, 1.82) is 0 Å². The Morgan fingerprint density at radius 2 is 1.82 bits per heavy atom. The Hall–Kier alpha value is -2.89. The maximum atomic E-state index is 13.6. The third kappa shape index (κ3) is 8.57. The summed E-state index contributed by atoms with van der Waals surface area (Å²) in [5, 5.41) is 36.4. The average molecular weight is 535 g/mol. The number of amides is 1. The predicted octanol–water partition coefficient (Wildman–Crippen LogP) is 2.72. The summed E-state index contributed by atoms with van der Waals surface area (Å²) >= 11 is 0. The zero-order valence-electron chi connectivity index (χ0n) is 20.9. The van der Waals surface area contributed by atoms with E-state index in [1.165, 1.54) is 35.0 Å². The molecule has 38 heavy (non-hydrogen) atoms. The Kier molecular flexibility index (Phi) is 11.8. The van der Waals surface area contributed by atoms with Gasteiger partial charge in [0, 0.05) is 30.4 Å². The molecule has 3 aromatic rings. The summed E-state index contributed by atoms with van der Waals surface area (Å²) in [6.45, 7) is 5.92. The van der Waals surface area contributed by atoms with Gasteiger partial charge < -0.3 is 20.6 Å². The van der Waals surface area contributed by atoms with E-state index in [1.807, 2.05) is 32.9 Å². The van der Waals surface area contributed by atoms with E-state index in [0.29, 0.717) is 16.9 Å². The van der Waals surface area contributed by atoms with Crippen molar-refractivity contribution in [2.24, 2.45) is 0 Å². The van der Waals surface area contributed by atoms with Crippen LogP contribution >= 0.6 is 0 Å². The van der Waals surface area contributed by atoms with Crippen LogP contribution in [0.1, 0.15) is 65.6 Å². The van der Waals surface area contributed by atoms with E-state index < -0.39 is 36.3 Å². The second-order valence-corrected chi connectivity index (χ2v) is 9.09. The Labute approximate surface area is 242 Å². The molecule has 0 spiro atoms. The number of nitrogens with zero attached hydrogens (tertiary/aromatic N) is 3. The monoisotopic (exact) mass is 534 g/mol. The van der Waals surface area contributed by atoms with Crippen molar-refractivity contribution in [3.8, 4) is 5.69 Å². The molecule has 0 aliphatic carbocycles. The summed E-state index contributed by atoms with van der Waals surface area (Å²) in [5.41, 5.74) is 3.48. The van der Waals surface area contributed by atoms with E-state index in [4.69, 9.17) is 5.11 Å². The fourth-order valence-electron chi connectivity index (χ4n) is 3.83. The predicted molar refractivity (Wildman–Crippen MR) is 143 cm³/mol. The summed E-state index contributed by atoms with van der Waals surface area (Å²) in [7, 11) is 0. The van der Waals surface area contributed by atoms with E-state index in [0.717, 1.165) is 11.3 Å². The number of hydrogen-bond donors (Lipinski definition) is 4. The van der Waals surface area contributed by atoms with Crippen molar-refractivity contribution in [1.82, 2.24) is 20.1 Å². The van der Waals surface area contributed by atoms with Crippen LogP contribution in [0.5, 0.6) is 0 Å². The summed E-state index contributed by atoms with van der Waals surface area (Å²) in [5.74, 6) is -2.15. The molecular formula is C27H32FN4NaO5. The summed E-state index contributed by atoms with van der Waals surface area (Å²) < 4.78 is 15.1. The maximum absolute atomic E-state index is 13.6. The van der Waals surface area contributed by atoms with Crippen LogP contribution in [0.3, 0.4) is 0 Å². The quantitative estimate of drug-likeness (QED) is 0.278. The third-order valence-electron chi connectivity index (χ3n) is 5.65. The molecule has 2 atom stereocenters. The van der Waals surface area contributed by atoms with Crippen molar-refractivity contribution in [2.45, 2.75) is 58.3 Å². The van der Waals surface area contributed by atoms with Gasteiger partial charge in [-0.25, -0.2) is 9.07 Å². The number of pyridine rings is 1. The van der Waals surface area contributed by atoms with Crippen molar-refractivity contribution in [3.63, 3.8) is 0 Å². The summed E-state index contributed by atoms with van der Waals surface area (Å²) in [4.78, 5) is 28.3. The van der Waals surface area contributed by atoms with Gasteiger partial charge in [0.15, 0.2) is 5.69 Å². The molecule has 1 amide bonds. The molecule has 0 aliphatic rings. The first-order chi connectivity index (χ1) is 17.5. The molecule has 0 unspecified atom stereocenters. The Morgan fingerprint density at radius 1 is 1.13 bits per heavy atom. The van der Waals surface area contributed by atoms with Crippen LogP contribution in [0.2, 0.25) is 0 Å². The number of carbonyl (C=O) groups is 2. The molecule has 198 valence electrons. The first-order valence-electron chi connectivity index (χ1n) is 11.9. The summed E-state index contributed by atoms with van der Waals surface area (Å²) in [6, 6.07) is 9.33. The number of halogens is 1. The van der Waals surface area contributed by atoms with E-state index in [9.17, 15) is 24.2 Å². The van der Waals surface area contributed by atoms with E-state index in [1.54, 1.807) is 12.3 Å². The van der Waals surface area contributed by atoms with Gasteiger partial charge >= 0.3 is 35.5 Å². The van der Waals surface area contributed by atoms with Crippen molar-refractivity contribution >= 4 is 47.5 Å². The van der Waals surface area contributed by atoms with E-state index in [-0.39, 0.29) is 54.1 Å². The first kappa shape index (κ1) is 31.3. The van der Waals surface area contributed by atoms with Crippen LogP contribution < -0.4 is 5.32 Å². The average Bonchev–Trinajstić information content (AvgIpc) is 3.22. The van der Waals surface area contributed by atoms with Crippen LogP contribution in [0.4, 0.5) is 4.39 Å². The van der Waals surface area contributed by atoms with Gasteiger partial charge in [-0.05, 0) is 54.8 Å². The van der Waals surface area contributed by atoms with Crippen LogP contribution in [0, 0.1) is 12.7 Å². The first-order valence-corrected chi connectivity index (χ1v) is 11.9. The number of aromatic nitrogens is 3. The number of aliphatic carboxylic acids is 1. The molecule has 2 aromatic heterocycles. The number of rotatable bonds is 11. The molecule has 0 bridgehead atoms. The molecule has 0 saturated carbocycles. The molecule has 2 heterocycles. The second kappa shape index (κ2) is 14.3. The van der Waals surface area contributed by atoms with Crippen molar-refractivity contribution in [3.05, 3.63) is 82.7 Å². The number of aliphatic hydroxyl groups excluding tert-OH is 2. The Morgan fingerprint density at radius 3 is 2.39 bits per heavy atom. The topological polar surface area (TPSA) is 138 Å². The molecule has 1 aromatic carbocycles. The van der Waals surface area contributed by atoms with Crippen LogP contribution in [-0.4, -0.2) is 83.7 Å². The Bertz CT molecular complexity index is 1260. The molecule has 0 aliphatic heterocycles. The SMILES string of the molecule is Cc1ccc(CNC(=O)c2nn(-c3ccc(F)cc3)c(/C=C/[C@H](O)C[C@@H](O)CC(=O)O)c2C(C)C)cn1.[NaH]. The number of aliphatic hydroxyl groups is 2. The fourth-order valence-corrected chi connectivity index (χ4v) is 3.83. The van der Waals surface area contributed by atoms with E-state index in [2.05, 4.69) is 15.4 Å². The molecule has 0 saturated heterocycles. The Balaban J connectivity index is 0.00000507. The molecular weight excluding hydrogens is 502 g/mol. The molecule has 11 heteroatoms. The minimum atomic E-state index is -1.22. The zero-order chi connectivity index (χ0) is 27.1. The standard InChI is InChI=1S/C27H31FN4O5.Na.H/c1-16(2)25-23(11-10-21(33)12-22(34)13-24(35)36)32(20-8-6-19(28)7-9-20)31-26(25)27(37)30-15-18-5-4-17(3)29-14-18;;/h4-11,14,16,21-22,33-34H,12-13,15H2,1-3H3,(H,30,37)(H,35,36);;/b11-10+;;/t21-,22+;;/m0../s1.